The van der Waals surface area contributed by atoms with Crippen LogP contribution in [-0.4, -0.2) is 33.1 Å². The minimum absolute atomic E-state index is 0.436. The highest BCUT2D eigenvalue weighted by molar-refractivity contribution is 5.78. The second kappa shape index (κ2) is 4.39. The number of aldehydes is 1. The molecular weight excluding hydrogens is 178 g/mol. The average molecular weight is 195 g/mol. The molecule has 0 heterocycles. The van der Waals surface area contributed by atoms with Crippen LogP contribution < -0.4 is 16.0 Å². The maximum Gasteiger partial charge on any atom is 0.149 e. The second-order valence-corrected chi connectivity index (χ2v) is 3.26. The van der Waals surface area contributed by atoms with Crippen LogP contribution in [0.15, 0.2) is 23.4 Å². The molecule has 1 aliphatic rings. The maximum absolute atomic E-state index is 10.9. The molecule has 0 saturated heterocycles. The van der Waals surface area contributed by atoms with Gasteiger partial charge in [-0.1, -0.05) is 6.08 Å². The average Bonchev–Trinajstić information content (AvgIpc) is 2.27. The summed E-state index contributed by atoms with van der Waals surface area (Å²) < 4.78 is 0. The first-order valence-electron chi connectivity index (χ1n) is 4.64. The molecule has 0 aliphatic heterocycles. The van der Waals surface area contributed by atoms with E-state index in [2.05, 4.69) is 16.0 Å². The molecule has 0 aromatic carbocycles. The highest BCUT2D eigenvalue weighted by Crippen LogP contribution is 2.24. The largest absolute Gasteiger partial charge is 0.391 e. The first-order valence-corrected chi connectivity index (χ1v) is 4.64. The third-order valence-corrected chi connectivity index (χ3v) is 2.71. The van der Waals surface area contributed by atoms with E-state index in [1.807, 2.05) is 33.3 Å². The van der Waals surface area contributed by atoms with Crippen LogP contribution in [0.3, 0.4) is 0 Å². The molecule has 78 valence electrons. The van der Waals surface area contributed by atoms with Gasteiger partial charge in [-0.3, -0.25) is 15.4 Å². The summed E-state index contributed by atoms with van der Waals surface area (Å²) in [6, 6.07) is 0. The van der Waals surface area contributed by atoms with Crippen molar-refractivity contribution in [2.45, 2.75) is 12.1 Å². The van der Waals surface area contributed by atoms with Gasteiger partial charge < -0.3 is 5.32 Å². The van der Waals surface area contributed by atoms with Crippen molar-refractivity contribution in [3.05, 3.63) is 23.4 Å². The summed E-state index contributed by atoms with van der Waals surface area (Å²) in [6.07, 6.45) is 5.38. The first-order chi connectivity index (χ1) is 6.72. The molecule has 0 bridgehead atoms. The molecule has 0 fully saturated rings. The van der Waals surface area contributed by atoms with Crippen molar-refractivity contribution in [2.24, 2.45) is 0 Å². The maximum atomic E-state index is 10.9. The molecule has 0 saturated carbocycles. The Morgan fingerprint density at radius 3 is 2.36 bits per heavy atom. The summed E-state index contributed by atoms with van der Waals surface area (Å²) >= 11 is 0. The zero-order valence-electron chi connectivity index (χ0n) is 8.85. The predicted molar refractivity (Wildman–Crippen MR) is 56.8 cm³/mol. The molecule has 14 heavy (non-hydrogen) atoms. The van der Waals surface area contributed by atoms with E-state index in [4.69, 9.17) is 0 Å². The third kappa shape index (κ3) is 1.71. The Bertz CT molecular complexity index is 277. The molecule has 4 nitrogen and oxygen atoms in total. The van der Waals surface area contributed by atoms with Crippen LogP contribution in [0.2, 0.25) is 0 Å². The highest BCUT2D eigenvalue weighted by atomic mass is 16.1. The fourth-order valence-corrected chi connectivity index (χ4v) is 1.68. The number of hydrogen-bond acceptors (Lipinski definition) is 4. The van der Waals surface area contributed by atoms with Gasteiger partial charge in [0.25, 0.3) is 0 Å². The van der Waals surface area contributed by atoms with E-state index >= 15 is 0 Å². The normalized spacial score (nSPS) is 19.6. The van der Waals surface area contributed by atoms with Gasteiger partial charge in [-0.25, -0.2) is 0 Å². The zero-order valence-corrected chi connectivity index (χ0v) is 8.85. The van der Waals surface area contributed by atoms with Crippen LogP contribution in [0.5, 0.6) is 0 Å². The van der Waals surface area contributed by atoms with Gasteiger partial charge in [0.15, 0.2) is 0 Å². The van der Waals surface area contributed by atoms with Gasteiger partial charge in [0.05, 0.1) is 0 Å². The Kier molecular flexibility index (Phi) is 3.43. The Hall–Kier alpha value is -1.13. The summed E-state index contributed by atoms with van der Waals surface area (Å²) in [6.45, 7) is 0. The van der Waals surface area contributed by atoms with Gasteiger partial charge in [-0.2, -0.15) is 0 Å². The van der Waals surface area contributed by atoms with Crippen LogP contribution in [0.1, 0.15) is 6.42 Å². The van der Waals surface area contributed by atoms with E-state index in [-0.39, 0.29) is 0 Å². The monoisotopic (exact) mass is 195 g/mol. The summed E-state index contributed by atoms with van der Waals surface area (Å²) in [5, 5.41) is 9.37. The lowest BCUT2D eigenvalue weighted by Gasteiger charge is -2.36. The quantitative estimate of drug-likeness (QED) is 0.428. The van der Waals surface area contributed by atoms with E-state index in [9.17, 15) is 4.79 Å². The van der Waals surface area contributed by atoms with E-state index < -0.39 is 5.66 Å². The number of likely N-dealkylation sites (N-methyl/N-ethyl adjacent to an activating group) is 2. The molecule has 0 radical (unpaired) electrons. The highest BCUT2D eigenvalue weighted by Gasteiger charge is 2.33. The number of carbonyl (C=O) groups excluding carboxylic acids is 1. The number of rotatable bonds is 4. The smallest absolute Gasteiger partial charge is 0.149 e. The minimum atomic E-state index is -0.436. The Labute approximate surface area is 84.4 Å². The van der Waals surface area contributed by atoms with Crippen molar-refractivity contribution in [1.29, 1.82) is 0 Å². The second-order valence-electron chi connectivity index (χ2n) is 3.26. The summed E-state index contributed by atoms with van der Waals surface area (Å²) in [4.78, 5) is 10.9. The molecule has 0 unspecified atom stereocenters. The minimum Gasteiger partial charge on any atom is -0.391 e. The topological polar surface area (TPSA) is 53.2 Å². The number of hydrogen-bond donors (Lipinski definition) is 3. The van der Waals surface area contributed by atoms with Crippen molar-refractivity contribution in [3.8, 4) is 0 Å². The van der Waals surface area contributed by atoms with E-state index in [1.165, 1.54) is 0 Å². The molecule has 1 rings (SSSR count). The molecule has 0 atom stereocenters. The standard InChI is InChI=1S/C10H17N3O/c1-11-9-5-4-8(7-14)10(6-9,12-2)13-3/h4-5,7,11-13H,6H2,1-3H3. The van der Waals surface area contributed by atoms with E-state index in [0.29, 0.717) is 0 Å². The van der Waals surface area contributed by atoms with Gasteiger partial charge in [0.2, 0.25) is 0 Å². The van der Waals surface area contributed by atoms with Gasteiger partial charge in [-0.05, 0) is 20.2 Å². The zero-order chi connectivity index (χ0) is 10.6. The van der Waals surface area contributed by atoms with Crippen molar-refractivity contribution in [3.63, 3.8) is 0 Å². The van der Waals surface area contributed by atoms with Crippen molar-refractivity contribution < 1.29 is 4.79 Å². The molecule has 1 aliphatic carbocycles. The van der Waals surface area contributed by atoms with Crippen LogP contribution in [-0.2, 0) is 4.79 Å². The van der Waals surface area contributed by atoms with Gasteiger partial charge >= 0.3 is 0 Å². The number of nitrogens with one attached hydrogen (secondary N) is 3. The molecule has 0 aromatic rings. The molecule has 3 N–H and O–H groups in total. The fourth-order valence-electron chi connectivity index (χ4n) is 1.68. The van der Waals surface area contributed by atoms with E-state index in [0.717, 1.165) is 24.0 Å². The summed E-state index contributed by atoms with van der Waals surface area (Å²) in [5.74, 6) is 0. The Morgan fingerprint density at radius 2 is 1.93 bits per heavy atom. The van der Waals surface area contributed by atoms with Gasteiger partial charge in [-0.15, -0.1) is 0 Å². The molecular formula is C10H17N3O. The number of carbonyl (C=O) groups is 1. The predicted octanol–water partition coefficient (Wildman–Crippen LogP) is -0.246. The number of allylic oxidation sites excluding steroid dienone is 2. The van der Waals surface area contributed by atoms with E-state index in [1.54, 1.807) is 0 Å². The molecule has 0 spiro atoms. The van der Waals surface area contributed by atoms with Crippen LogP contribution in [0.4, 0.5) is 0 Å². The molecule has 0 aromatic heterocycles. The fraction of sp³-hybridized carbons (Fsp3) is 0.500. The van der Waals surface area contributed by atoms with Crippen LogP contribution in [0.25, 0.3) is 0 Å². The van der Waals surface area contributed by atoms with Gasteiger partial charge in [0, 0.05) is 24.7 Å². The molecule has 4 heteroatoms. The van der Waals surface area contributed by atoms with Gasteiger partial charge in [0.1, 0.15) is 11.9 Å². The van der Waals surface area contributed by atoms with Crippen LogP contribution >= 0.6 is 0 Å². The lowest BCUT2D eigenvalue weighted by atomic mass is 9.90. The summed E-state index contributed by atoms with van der Waals surface area (Å²) in [5.41, 5.74) is 1.38. The lowest BCUT2D eigenvalue weighted by molar-refractivity contribution is -0.105. The van der Waals surface area contributed by atoms with Crippen molar-refractivity contribution in [2.75, 3.05) is 21.1 Å². The van der Waals surface area contributed by atoms with Crippen molar-refractivity contribution >= 4 is 6.29 Å². The SMILES string of the molecule is CNC1=CC=C(C=O)C(NC)(NC)C1. The lowest BCUT2D eigenvalue weighted by Crippen LogP contribution is -2.57. The first kappa shape index (κ1) is 10.9. The summed E-state index contributed by atoms with van der Waals surface area (Å²) in [7, 11) is 5.56. The Balaban J connectivity index is 3.02. The third-order valence-electron chi connectivity index (χ3n) is 2.71. The molecule has 0 amide bonds. The van der Waals surface area contributed by atoms with Crippen molar-refractivity contribution in [1.82, 2.24) is 16.0 Å². The Morgan fingerprint density at radius 1 is 1.29 bits per heavy atom. The van der Waals surface area contributed by atoms with Crippen LogP contribution in [0, 0.1) is 0 Å².